The SMILES string of the molecule is CC(N(C)CC1Cc2nc[nH]c2CN1)C(C)(C)C. The third-order valence-corrected chi connectivity index (χ3v) is 4.24. The summed E-state index contributed by atoms with van der Waals surface area (Å²) in [5.41, 5.74) is 2.80. The van der Waals surface area contributed by atoms with E-state index in [1.807, 2.05) is 0 Å². The quantitative estimate of drug-likeness (QED) is 0.859. The lowest BCUT2D eigenvalue weighted by Gasteiger charge is -2.38. The zero-order valence-electron chi connectivity index (χ0n) is 12.2. The molecule has 2 N–H and O–H groups in total. The van der Waals surface area contributed by atoms with Gasteiger partial charge in [-0.25, -0.2) is 4.98 Å². The van der Waals surface area contributed by atoms with Gasteiger partial charge in [0.1, 0.15) is 0 Å². The molecule has 0 aliphatic carbocycles. The number of aromatic amines is 1. The summed E-state index contributed by atoms with van der Waals surface area (Å²) in [5, 5.41) is 3.59. The van der Waals surface area contributed by atoms with E-state index in [1.165, 1.54) is 11.4 Å². The van der Waals surface area contributed by atoms with Gasteiger partial charge in [0.2, 0.25) is 0 Å². The highest BCUT2D eigenvalue weighted by molar-refractivity contribution is 5.16. The van der Waals surface area contributed by atoms with Gasteiger partial charge in [-0.3, -0.25) is 0 Å². The lowest BCUT2D eigenvalue weighted by atomic mass is 9.87. The molecule has 0 radical (unpaired) electrons. The maximum absolute atomic E-state index is 4.39. The molecule has 0 saturated heterocycles. The predicted octanol–water partition coefficient (Wildman–Crippen LogP) is 1.79. The number of rotatable bonds is 3. The van der Waals surface area contributed by atoms with Crippen LogP contribution in [0.4, 0.5) is 0 Å². The van der Waals surface area contributed by atoms with Crippen LogP contribution in [0, 0.1) is 5.41 Å². The van der Waals surface area contributed by atoms with E-state index in [-0.39, 0.29) is 0 Å². The van der Waals surface area contributed by atoms with Crippen LogP contribution in [0.1, 0.15) is 39.1 Å². The van der Waals surface area contributed by atoms with Crippen molar-refractivity contribution in [1.29, 1.82) is 0 Å². The number of imidazole rings is 1. The fourth-order valence-electron chi connectivity index (χ4n) is 2.53. The Morgan fingerprint density at radius 1 is 1.50 bits per heavy atom. The first-order chi connectivity index (χ1) is 8.38. The Bertz CT molecular complexity index is 391. The van der Waals surface area contributed by atoms with Crippen LogP contribution in [0.15, 0.2) is 6.33 Å². The average Bonchev–Trinajstić information content (AvgIpc) is 2.73. The second kappa shape index (κ2) is 5.02. The van der Waals surface area contributed by atoms with Crippen molar-refractivity contribution in [2.75, 3.05) is 13.6 Å². The molecule has 0 spiro atoms. The fraction of sp³-hybridized carbons (Fsp3) is 0.786. The van der Waals surface area contributed by atoms with Crippen molar-refractivity contribution in [3.05, 3.63) is 17.7 Å². The van der Waals surface area contributed by atoms with E-state index in [4.69, 9.17) is 0 Å². The van der Waals surface area contributed by atoms with E-state index in [9.17, 15) is 0 Å². The molecule has 0 fully saturated rings. The van der Waals surface area contributed by atoms with Gasteiger partial charge in [0.05, 0.1) is 17.7 Å². The van der Waals surface area contributed by atoms with Crippen LogP contribution in [0.3, 0.4) is 0 Å². The van der Waals surface area contributed by atoms with Gasteiger partial charge < -0.3 is 15.2 Å². The van der Waals surface area contributed by atoms with Gasteiger partial charge in [0.25, 0.3) is 0 Å². The Hall–Kier alpha value is -0.870. The van der Waals surface area contributed by atoms with Gasteiger partial charge in [-0.1, -0.05) is 20.8 Å². The Morgan fingerprint density at radius 2 is 2.22 bits per heavy atom. The summed E-state index contributed by atoms with van der Waals surface area (Å²) in [7, 11) is 2.22. The maximum Gasteiger partial charge on any atom is 0.0925 e. The molecule has 4 heteroatoms. The summed E-state index contributed by atoms with van der Waals surface area (Å²) in [6, 6.07) is 1.08. The van der Waals surface area contributed by atoms with Gasteiger partial charge in [-0.15, -0.1) is 0 Å². The van der Waals surface area contributed by atoms with E-state index in [2.05, 4.69) is 54.9 Å². The number of nitrogens with zero attached hydrogens (tertiary/aromatic N) is 2. The van der Waals surface area contributed by atoms with Crippen LogP contribution in [0.25, 0.3) is 0 Å². The van der Waals surface area contributed by atoms with Crippen molar-refractivity contribution in [3.63, 3.8) is 0 Å². The van der Waals surface area contributed by atoms with Crippen LogP contribution in [0.5, 0.6) is 0 Å². The third-order valence-electron chi connectivity index (χ3n) is 4.24. The molecule has 102 valence electrons. The molecule has 2 unspecified atom stereocenters. The van der Waals surface area contributed by atoms with Crippen molar-refractivity contribution >= 4 is 0 Å². The van der Waals surface area contributed by atoms with Crippen molar-refractivity contribution in [2.24, 2.45) is 5.41 Å². The van der Waals surface area contributed by atoms with Gasteiger partial charge in [0.15, 0.2) is 0 Å². The summed E-state index contributed by atoms with van der Waals surface area (Å²) in [4.78, 5) is 10.0. The predicted molar refractivity (Wildman–Crippen MR) is 74.5 cm³/mol. The third kappa shape index (κ3) is 2.93. The molecule has 1 aromatic heterocycles. The Labute approximate surface area is 110 Å². The zero-order valence-corrected chi connectivity index (χ0v) is 12.2. The van der Waals surface area contributed by atoms with Gasteiger partial charge in [-0.2, -0.15) is 0 Å². The standard InChI is InChI=1S/C14H26N4/c1-10(14(2,3)4)18(5)8-11-6-12-13(7-15-11)17-9-16-12/h9-11,15H,6-8H2,1-5H3,(H,16,17). The fourth-order valence-corrected chi connectivity index (χ4v) is 2.53. The van der Waals surface area contributed by atoms with Crippen molar-refractivity contribution in [3.8, 4) is 0 Å². The molecule has 18 heavy (non-hydrogen) atoms. The van der Waals surface area contributed by atoms with E-state index in [0.717, 1.165) is 19.5 Å². The van der Waals surface area contributed by atoms with E-state index < -0.39 is 0 Å². The average molecular weight is 250 g/mol. The molecule has 1 aliphatic heterocycles. The van der Waals surface area contributed by atoms with E-state index in [1.54, 1.807) is 6.33 Å². The van der Waals surface area contributed by atoms with Gasteiger partial charge in [-0.05, 0) is 19.4 Å². The molecule has 0 aromatic carbocycles. The minimum Gasteiger partial charge on any atom is -0.347 e. The van der Waals surface area contributed by atoms with Crippen molar-refractivity contribution in [1.82, 2.24) is 20.2 Å². The number of fused-ring (bicyclic) bond motifs is 1. The molecule has 2 rings (SSSR count). The Kier molecular flexibility index (Phi) is 3.78. The van der Waals surface area contributed by atoms with Gasteiger partial charge >= 0.3 is 0 Å². The first kappa shape index (κ1) is 13.6. The van der Waals surface area contributed by atoms with E-state index >= 15 is 0 Å². The molecule has 4 nitrogen and oxygen atoms in total. The highest BCUT2D eigenvalue weighted by atomic mass is 15.2. The number of hydrogen-bond acceptors (Lipinski definition) is 3. The molecule has 1 aromatic rings. The molecular weight excluding hydrogens is 224 g/mol. The second-order valence-corrected chi connectivity index (χ2v) is 6.59. The molecule has 0 saturated carbocycles. The van der Waals surface area contributed by atoms with E-state index in [0.29, 0.717) is 17.5 Å². The summed E-state index contributed by atoms with van der Waals surface area (Å²) in [6.07, 6.45) is 2.83. The monoisotopic (exact) mass is 250 g/mol. The van der Waals surface area contributed by atoms with Crippen LogP contribution < -0.4 is 5.32 Å². The molecule has 1 aliphatic rings. The number of nitrogens with one attached hydrogen (secondary N) is 2. The normalized spacial score (nSPS) is 22.0. The lowest BCUT2D eigenvalue weighted by molar-refractivity contribution is 0.127. The second-order valence-electron chi connectivity index (χ2n) is 6.59. The zero-order chi connectivity index (χ0) is 13.3. The van der Waals surface area contributed by atoms with Crippen LogP contribution in [-0.4, -0.2) is 40.5 Å². The van der Waals surface area contributed by atoms with Crippen LogP contribution in [-0.2, 0) is 13.0 Å². The summed E-state index contributed by atoms with van der Waals surface area (Å²) < 4.78 is 0. The number of H-pyrrole nitrogens is 1. The first-order valence-electron chi connectivity index (χ1n) is 6.82. The summed E-state index contributed by atoms with van der Waals surface area (Å²) in [6.45, 7) is 11.2. The number of likely N-dealkylation sites (N-methyl/N-ethyl adjacent to an activating group) is 1. The molecule has 2 heterocycles. The number of aromatic nitrogens is 2. The lowest BCUT2D eigenvalue weighted by Crippen LogP contribution is -2.48. The molecule has 0 bridgehead atoms. The Balaban J connectivity index is 1.92. The topological polar surface area (TPSA) is 44.0 Å². The molecule has 2 atom stereocenters. The minimum atomic E-state index is 0.320. The smallest absolute Gasteiger partial charge is 0.0925 e. The van der Waals surface area contributed by atoms with Crippen LogP contribution in [0.2, 0.25) is 0 Å². The van der Waals surface area contributed by atoms with Crippen molar-refractivity contribution in [2.45, 2.75) is 52.7 Å². The summed E-state index contributed by atoms with van der Waals surface area (Å²) in [5.74, 6) is 0. The highest BCUT2D eigenvalue weighted by Gasteiger charge is 2.27. The van der Waals surface area contributed by atoms with Crippen molar-refractivity contribution < 1.29 is 0 Å². The molecule has 0 amide bonds. The van der Waals surface area contributed by atoms with Crippen LogP contribution >= 0.6 is 0 Å². The Morgan fingerprint density at radius 3 is 2.89 bits per heavy atom. The number of hydrogen-bond donors (Lipinski definition) is 2. The first-order valence-corrected chi connectivity index (χ1v) is 6.82. The molecular formula is C14H26N4. The maximum atomic E-state index is 4.39. The minimum absolute atomic E-state index is 0.320. The summed E-state index contributed by atoms with van der Waals surface area (Å²) >= 11 is 0. The van der Waals surface area contributed by atoms with Gasteiger partial charge in [0, 0.05) is 31.6 Å². The largest absolute Gasteiger partial charge is 0.347 e. The highest BCUT2D eigenvalue weighted by Crippen LogP contribution is 2.23.